The fourth-order valence-electron chi connectivity index (χ4n) is 0.552. The van der Waals surface area contributed by atoms with Gasteiger partial charge in [-0.05, 0) is 6.42 Å². The number of ether oxygens (including phenoxy) is 1. The molecule has 0 rings (SSSR count). The van der Waals surface area contributed by atoms with Crippen LogP contribution in [0.4, 0.5) is 0 Å². The fourth-order valence-corrected chi connectivity index (χ4v) is 0.552. The SMILES string of the molecule is CCC(OC)C(=O)NN.[Cl-]. The second kappa shape index (κ2) is 6.80. The number of hydrazine groups is 1. The van der Waals surface area contributed by atoms with Crippen molar-refractivity contribution < 1.29 is 21.9 Å². The second-order valence-corrected chi connectivity index (χ2v) is 1.64. The highest BCUT2D eigenvalue weighted by molar-refractivity contribution is 5.79. The van der Waals surface area contributed by atoms with Crippen LogP contribution in [0.1, 0.15) is 13.3 Å². The van der Waals surface area contributed by atoms with Crippen LogP contribution in [-0.2, 0) is 9.53 Å². The maximum Gasteiger partial charge on any atom is 0.262 e. The van der Waals surface area contributed by atoms with Gasteiger partial charge in [-0.1, -0.05) is 6.92 Å². The third kappa shape index (κ3) is 3.66. The van der Waals surface area contributed by atoms with Gasteiger partial charge in [-0.2, -0.15) is 0 Å². The summed E-state index contributed by atoms with van der Waals surface area (Å²) in [6.07, 6.45) is 0.231. The van der Waals surface area contributed by atoms with E-state index in [1.807, 2.05) is 12.3 Å². The summed E-state index contributed by atoms with van der Waals surface area (Å²) in [4.78, 5) is 10.6. The van der Waals surface area contributed by atoms with Crippen molar-refractivity contribution in [3.05, 3.63) is 0 Å². The number of nitrogens with two attached hydrogens (primary N) is 1. The summed E-state index contributed by atoms with van der Waals surface area (Å²) in [7, 11) is 1.48. The highest BCUT2D eigenvalue weighted by Gasteiger charge is 2.12. The molecular weight excluding hydrogens is 156 g/mol. The Balaban J connectivity index is 0. The molecule has 0 aromatic rings. The van der Waals surface area contributed by atoms with Gasteiger partial charge in [0.15, 0.2) is 0 Å². The number of amides is 1. The third-order valence-electron chi connectivity index (χ3n) is 1.09. The minimum absolute atomic E-state index is 0. The van der Waals surface area contributed by atoms with Gasteiger partial charge in [0.2, 0.25) is 0 Å². The maximum atomic E-state index is 10.6. The van der Waals surface area contributed by atoms with Gasteiger partial charge in [0.1, 0.15) is 6.10 Å². The van der Waals surface area contributed by atoms with Gasteiger partial charge in [0, 0.05) is 7.11 Å². The third-order valence-corrected chi connectivity index (χ3v) is 1.09. The molecule has 0 aliphatic heterocycles. The zero-order valence-corrected chi connectivity index (χ0v) is 6.81. The molecule has 0 bridgehead atoms. The van der Waals surface area contributed by atoms with Gasteiger partial charge in [-0.3, -0.25) is 10.2 Å². The van der Waals surface area contributed by atoms with Crippen molar-refractivity contribution in [2.45, 2.75) is 19.4 Å². The number of halogens is 1. The van der Waals surface area contributed by atoms with E-state index >= 15 is 0 Å². The highest BCUT2D eigenvalue weighted by atomic mass is 35.5. The Bertz CT molecular complexity index is 95.6. The Labute approximate surface area is 66.5 Å². The Morgan fingerprint density at radius 3 is 2.40 bits per heavy atom. The number of nitrogens with one attached hydrogen (secondary N) is 1. The first kappa shape index (κ1) is 12.4. The van der Waals surface area contributed by atoms with Gasteiger partial charge in [-0.15, -0.1) is 0 Å². The Morgan fingerprint density at radius 1 is 1.80 bits per heavy atom. The van der Waals surface area contributed by atoms with E-state index in [-0.39, 0.29) is 18.3 Å². The molecule has 3 N–H and O–H groups in total. The molecule has 0 aliphatic rings. The van der Waals surface area contributed by atoms with Crippen LogP contribution in [0.3, 0.4) is 0 Å². The minimum atomic E-state index is -0.407. The van der Waals surface area contributed by atoms with Gasteiger partial charge in [-0.25, -0.2) is 5.84 Å². The van der Waals surface area contributed by atoms with Crippen molar-refractivity contribution in [2.24, 2.45) is 5.84 Å². The first-order chi connectivity index (χ1) is 4.26. The maximum absolute atomic E-state index is 10.6. The Morgan fingerprint density at radius 2 is 2.30 bits per heavy atom. The number of carbonyl (C=O) groups excluding carboxylic acids is 1. The molecule has 5 heteroatoms. The first-order valence-corrected chi connectivity index (χ1v) is 2.79. The molecule has 1 atom stereocenters. The quantitative estimate of drug-likeness (QED) is 0.260. The average molecular weight is 168 g/mol. The van der Waals surface area contributed by atoms with Crippen molar-refractivity contribution >= 4 is 5.91 Å². The number of methoxy groups -OCH3 is 1. The number of carbonyl (C=O) groups is 1. The molecule has 10 heavy (non-hydrogen) atoms. The lowest BCUT2D eigenvalue weighted by molar-refractivity contribution is -0.131. The van der Waals surface area contributed by atoms with E-state index in [0.29, 0.717) is 6.42 Å². The summed E-state index contributed by atoms with van der Waals surface area (Å²) in [6.45, 7) is 1.85. The van der Waals surface area contributed by atoms with E-state index < -0.39 is 6.10 Å². The van der Waals surface area contributed by atoms with Crippen LogP contribution in [0.2, 0.25) is 0 Å². The van der Waals surface area contributed by atoms with Crippen molar-refractivity contribution in [3.63, 3.8) is 0 Å². The molecule has 0 radical (unpaired) electrons. The van der Waals surface area contributed by atoms with Crippen LogP contribution in [0.25, 0.3) is 0 Å². The molecule has 0 aromatic heterocycles. The van der Waals surface area contributed by atoms with Crippen LogP contribution in [0, 0.1) is 0 Å². The predicted molar refractivity (Wildman–Crippen MR) is 33.4 cm³/mol. The Kier molecular flexibility index (Phi) is 8.40. The Hall–Kier alpha value is -0.320. The van der Waals surface area contributed by atoms with E-state index in [4.69, 9.17) is 10.6 Å². The minimum Gasteiger partial charge on any atom is -1.00 e. The number of hydrogen-bond acceptors (Lipinski definition) is 3. The summed E-state index contributed by atoms with van der Waals surface area (Å²) in [5.41, 5.74) is 2.00. The molecule has 1 amide bonds. The molecule has 0 aromatic carbocycles. The molecule has 0 saturated heterocycles. The van der Waals surface area contributed by atoms with Crippen LogP contribution in [-0.4, -0.2) is 19.1 Å². The van der Waals surface area contributed by atoms with E-state index in [0.717, 1.165) is 0 Å². The first-order valence-electron chi connectivity index (χ1n) is 2.79. The van der Waals surface area contributed by atoms with Crippen molar-refractivity contribution in [3.8, 4) is 0 Å². The molecule has 62 valence electrons. The zero-order chi connectivity index (χ0) is 7.28. The smallest absolute Gasteiger partial charge is 0.262 e. The lowest BCUT2D eigenvalue weighted by Gasteiger charge is -2.09. The molecule has 0 aliphatic carbocycles. The molecule has 0 saturated carbocycles. The van der Waals surface area contributed by atoms with E-state index in [9.17, 15) is 4.79 Å². The van der Waals surface area contributed by atoms with Crippen LogP contribution in [0.15, 0.2) is 0 Å². The lowest BCUT2D eigenvalue weighted by atomic mass is 10.3. The van der Waals surface area contributed by atoms with Crippen LogP contribution >= 0.6 is 0 Å². The van der Waals surface area contributed by atoms with Crippen molar-refractivity contribution in [2.75, 3.05) is 7.11 Å². The van der Waals surface area contributed by atoms with Gasteiger partial charge >= 0.3 is 0 Å². The fraction of sp³-hybridized carbons (Fsp3) is 0.800. The van der Waals surface area contributed by atoms with Gasteiger partial charge in [0.05, 0.1) is 0 Å². The molecular formula is C5H12ClN2O2-. The molecule has 0 spiro atoms. The zero-order valence-electron chi connectivity index (χ0n) is 6.06. The summed E-state index contributed by atoms with van der Waals surface area (Å²) in [5, 5.41) is 0. The molecule has 0 heterocycles. The number of rotatable bonds is 3. The number of hydrogen-bond donors (Lipinski definition) is 2. The van der Waals surface area contributed by atoms with Gasteiger partial charge < -0.3 is 17.1 Å². The standard InChI is InChI=1S/C5H12N2O2.ClH/c1-3-4(9-2)5(8)7-6;/h4H,3,6H2,1-2H3,(H,7,8);1H/p-1. The molecule has 4 nitrogen and oxygen atoms in total. The van der Waals surface area contributed by atoms with E-state index in [2.05, 4.69) is 0 Å². The van der Waals surface area contributed by atoms with Crippen LogP contribution < -0.4 is 23.7 Å². The van der Waals surface area contributed by atoms with E-state index in [1.54, 1.807) is 0 Å². The average Bonchev–Trinajstić information content (AvgIpc) is 1.90. The summed E-state index contributed by atoms with van der Waals surface area (Å²) in [5.74, 6) is 4.57. The topological polar surface area (TPSA) is 64.3 Å². The largest absolute Gasteiger partial charge is 1.00 e. The predicted octanol–water partition coefficient (Wildman–Crippen LogP) is -3.59. The van der Waals surface area contributed by atoms with E-state index in [1.165, 1.54) is 7.11 Å². The van der Waals surface area contributed by atoms with Crippen molar-refractivity contribution in [1.29, 1.82) is 0 Å². The molecule has 1 unspecified atom stereocenters. The monoisotopic (exact) mass is 167 g/mol. The van der Waals surface area contributed by atoms with Gasteiger partial charge in [0.25, 0.3) is 5.91 Å². The molecule has 0 fully saturated rings. The second-order valence-electron chi connectivity index (χ2n) is 1.64. The summed E-state index contributed by atoms with van der Waals surface area (Å²) in [6, 6.07) is 0. The summed E-state index contributed by atoms with van der Waals surface area (Å²) < 4.78 is 4.76. The lowest BCUT2D eigenvalue weighted by Crippen LogP contribution is -3.00. The van der Waals surface area contributed by atoms with Crippen molar-refractivity contribution in [1.82, 2.24) is 5.43 Å². The highest BCUT2D eigenvalue weighted by Crippen LogP contribution is 1.93. The normalized spacial score (nSPS) is 11.5. The van der Waals surface area contributed by atoms with Crippen LogP contribution in [0.5, 0.6) is 0 Å². The summed E-state index contributed by atoms with van der Waals surface area (Å²) >= 11 is 0.